The van der Waals surface area contributed by atoms with E-state index in [2.05, 4.69) is 21.6 Å². The molecule has 2 atom stereocenters. The highest BCUT2D eigenvalue weighted by atomic mass is 32.1. The van der Waals surface area contributed by atoms with E-state index in [0.29, 0.717) is 12.0 Å². The first kappa shape index (κ1) is 7.94. The smallest absolute Gasteiger partial charge is 0.232 e. The third kappa shape index (κ3) is 1.73. The Morgan fingerprint density at radius 3 is 3.00 bits per heavy atom. The molecular formula is C7H12N4S. The van der Waals surface area contributed by atoms with Crippen LogP contribution in [0.5, 0.6) is 0 Å². The number of nitrogens with two attached hydrogens (primary N) is 1. The number of rotatable bonds is 3. The highest BCUT2D eigenvalue weighted by molar-refractivity contribution is 7.05. The Kier molecular flexibility index (Phi) is 1.98. The highest BCUT2D eigenvalue weighted by Gasteiger charge is 2.31. The van der Waals surface area contributed by atoms with Gasteiger partial charge in [0.15, 0.2) is 0 Å². The Morgan fingerprint density at radius 1 is 1.75 bits per heavy atom. The quantitative estimate of drug-likeness (QED) is 0.722. The molecule has 1 heterocycles. The van der Waals surface area contributed by atoms with E-state index in [4.69, 9.17) is 5.73 Å². The summed E-state index contributed by atoms with van der Waals surface area (Å²) in [7, 11) is 0. The predicted molar refractivity (Wildman–Crippen MR) is 48.7 cm³/mol. The summed E-state index contributed by atoms with van der Waals surface area (Å²) in [5, 5.41) is 4.37. The van der Waals surface area contributed by atoms with Gasteiger partial charge in [0.1, 0.15) is 5.01 Å². The molecule has 1 saturated carbocycles. The Morgan fingerprint density at radius 2 is 2.50 bits per heavy atom. The molecule has 0 bridgehead atoms. The molecule has 1 fully saturated rings. The third-order valence-corrected chi connectivity index (χ3v) is 2.83. The van der Waals surface area contributed by atoms with Gasteiger partial charge in [0.2, 0.25) is 5.95 Å². The molecule has 1 aromatic heterocycles. The van der Waals surface area contributed by atoms with Gasteiger partial charge in [-0.05, 0) is 23.9 Å². The SMILES string of the molecule is CC1C[C@@H]1NCc1nc(N)ns1. The van der Waals surface area contributed by atoms with Crippen molar-refractivity contribution in [2.24, 2.45) is 5.92 Å². The Balaban J connectivity index is 1.80. The van der Waals surface area contributed by atoms with Crippen LogP contribution in [0.15, 0.2) is 0 Å². The molecule has 2 rings (SSSR count). The first-order valence-corrected chi connectivity index (χ1v) is 4.84. The molecule has 66 valence electrons. The average Bonchev–Trinajstić information content (AvgIpc) is 2.56. The van der Waals surface area contributed by atoms with Crippen LogP contribution in [-0.4, -0.2) is 15.4 Å². The van der Waals surface area contributed by atoms with Gasteiger partial charge < -0.3 is 11.1 Å². The topological polar surface area (TPSA) is 63.8 Å². The van der Waals surface area contributed by atoms with Crippen LogP contribution < -0.4 is 11.1 Å². The summed E-state index contributed by atoms with van der Waals surface area (Å²) in [5.74, 6) is 1.22. The van der Waals surface area contributed by atoms with Crippen LogP contribution in [-0.2, 0) is 6.54 Å². The van der Waals surface area contributed by atoms with Crippen molar-refractivity contribution < 1.29 is 0 Å². The second-order valence-electron chi connectivity index (χ2n) is 3.25. The van der Waals surface area contributed by atoms with Crippen molar-refractivity contribution in [1.82, 2.24) is 14.7 Å². The minimum atomic E-state index is 0.389. The van der Waals surface area contributed by atoms with Crippen molar-refractivity contribution in [3.8, 4) is 0 Å². The summed E-state index contributed by atoms with van der Waals surface area (Å²) in [6.45, 7) is 3.05. The van der Waals surface area contributed by atoms with Crippen LogP contribution in [0, 0.1) is 5.92 Å². The number of aromatic nitrogens is 2. The number of nitrogen functional groups attached to an aromatic ring is 1. The zero-order chi connectivity index (χ0) is 8.55. The molecule has 0 spiro atoms. The van der Waals surface area contributed by atoms with E-state index in [1.165, 1.54) is 18.0 Å². The van der Waals surface area contributed by atoms with E-state index in [9.17, 15) is 0 Å². The van der Waals surface area contributed by atoms with Crippen molar-refractivity contribution >= 4 is 17.5 Å². The fourth-order valence-electron chi connectivity index (χ4n) is 1.16. The van der Waals surface area contributed by atoms with E-state index < -0.39 is 0 Å². The molecule has 3 N–H and O–H groups in total. The van der Waals surface area contributed by atoms with Gasteiger partial charge in [0.25, 0.3) is 0 Å². The number of anilines is 1. The summed E-state index contributed by atoms with van der Waals surface area (Å²) < 4.78 is 3.90. The van der Waals surface area contributed by atoms with Crippen LogP contribution >= 0.6 is 11.5 Å². The van der Waals surface area contributed by atoms with E-state index in [-0.39, 0.29) is 0 Å². The average molecular weight is 184 g/mol. The molecule has 0 aromatic carbocycles. The van der Waals surface area contributed by atoms with Gasteiger partial charge in [-0.1, -0.05) is 6.92 Å². The Bertz CT molecular complexity index is 272. The zero-order valence-corrected chi connectivity index (χ0v) is 7.77. The number of hydrogen-bond donors (Lipinski definition) is 2. The van der Waals surface area contributed by atoms with Gasteiger partial charge in [-0.25, -0.2) is 4.98 Å². The number of nitrogens with one attached hydrogen (secondary N) is 1. The lowest BCUT2D eigenvalue weighted by atomic mass is 10.5. The predicted octanol–water partition coefficient (Wildman–Crippen LogP) is 0.618. The maximum atomic E-state index is 5.39. The van der Waals surface area contributed by atoms with Crippen molar-refractivity contribution in [3.63, 3.8) is 0 Å². The molecule has 1 aliphatic carbocycles. The standard InChI is InChI=1S/C7H12N4S/c1-4-2-5(4)9-3-6-10-7(8)11-12-6/h4-5,9H,2-3H2,1H3,(H2,8,11)/t4?,5-/m0/s1. The molecule has 1 aliphatic rings. The molecule has 0 saturated heterocycles. The lowest BCUT2D eigenvalue weighted by Crippen LogP contribution is -2.16. The third-order valence-electron chi connectivity index (χ3n) is 2.11. The normalized spacial score (nSPS) is 27.4. The first-order valence-electron chi connectivity index (χ1n) is 4.07. The van der Waals surface area contributed by atoms with E-state index in [0.717, 1.165) is 17.5 Å². The zero-order valence-electron chi connectivity index (χ0n) is 6.95. The first-order chi connectivity index (χ1) is 5.75. The maximum Gasteiger partial charge on any atom is 0.232 e. The number of nitrogens with zero attached hydrogens (tertiary/aromatic N) is 2. The molecule has 1 unspecified atom stereocenters. The molecule has 4 nitrogen and oxygen atoms in total. The lowest BCUT2D eigenvalue weighted by Gasteiger charge is -1.96. The van der Waals surface area contributed by atoms with Crippen molar-refractivity contribution in [3.05, 3.63) is 5.01 Å². The fourth-order valence-corrected chi connectivity index (χ4v) is 1.69. The summed E-state index contributed by atoms with van der Waals surface area (Å²) in [6.07, 6.45) is 1.29. The molecule has 12 heavy (non-hydrogen) atoms. The van der Waals surface area contributed by atoms with Gasteiger partial charge in [-0.15, -0.1) is 0 Å². The van der Waals surface area contributed by atoms with Crippen molar-refractivity contribution in [1.29, 1.82) is 0 Å². The Labute approximate surface area is 75.4 Å². The second-order valence-corrected chi connectivity index (χ2v) is 4.08. The van der Waals surface area contributed by atoms with Crippen LogP contribution in [0.4, 0.5) is 5.95 Å². The van der Waals surface area contributed by atoms with Crippen LogP contribution in [0.2, 0.25) is 0 Å². The van der Waals surface area contributed by atoms with Crippen LogP contribution in [0.25, 0.3) is 0 Å². The van der Waals surface area contributed by atoms with E-state index in [1.807, 2.05) is 0 Å². The highest BCUT2D eigenvalue weighted by Crippen LogP contribution is 2.29. The van der Waals surface area contributed by atoms with Crippen molar-refractivity contribution in [2.45, 2.75) is 25.9 Å². The molecule has 0 aliphatic heterocycles. The van der Waals surface area contributed by atoms with E-state index >= 15 is 0 Å². The summed E-state index contributed by atoms with van der Waals surface area (Å²) >= 11 is 1.37. The second kappa shape index (κ2) is 2.99. The summed E-state index contributed by atoms with van der Waals surface area (Å²) in [6, 6.07) is 0.690. The maximum absolute atomic E-state index is 5.39. The minimum Gasteiger partial charge on any atom is -0.367 e. The molecule has 5 heteroatoms. The lowest BCUT2D eigenvalue weighted by molar-refractivity contribution is 0.650. The van der Waals surface area contributed by atoms with Crippen molar-refractivity contribution in [2.75, 3.05) is 5.73 Å². The monoisotopic (exact) mass is 184 g/mol. The molecule has 0 radical (unpaired) electrons. The van der Waals surface area contributed by atoms with E-state index in [1.54, 1.807) is 0 Å². The largest absolute Gasteiger partial charge is 0.367 e. The molecular weight excluding hydrogens is 172 g/mol. The van der Waals surface area contributed by atoms with Gasteiger partial charge >= 0.3 is 0 Å². The fraction of sp³-hybridized carbons (Fsp3) is 0.714. The Hall–Kier alpha value is -0.680. The van der Waals surface area contributed by atoms with Crippen LogP contribution in [0.3, 0.4) is 0 Å². The van der Waals surface area contributed by atoms with Crippen LogP contribution in [0.1, 0.15) is 18.4 Å². The molecule has 0 amide bonds. The minimum absolute atomic E-state index is 0.389. The molecule has 1 aromatic rings. The van der Waals surface area contributed by atoms with Gasteiger partial charge in [0.05, 0.1) is 0 Å². The van der Waals surface area contributed by atoms with Gasteiger partial charge in [-0.3, -0.25) is 0 Å². The van der Waals surface area contributed by atoms with Gasteiger partial charge in [0, 0.05) is 12.6 Å². The summed E-state index contributed by atoms with van der Waals surface area (Å²) in [4.78, 5) is 4.06. The summed E-state index contributed by atoms with van der Waals surface area (Å²) in [5.41, 5.74) is 5.39. The van der Waals surface area contributed by atoms with Gasteiger partial charge in [-0.2, -0.15) is 4.37 Å². The number of hydrogen-bond acceptors (Lipinski definition) is 5.